The number of nitro benzene ring substituents is 1. The van der Waals surface area contributed by atoms with Crippen LogP contribution in [0.15, 0.2) is 24.3 Å². The van der Waals surface area contributed by atoms with E-state index in [0.717, 1.165) is 18.4 Å². The van der Waals surface area contributed by atoms with E-state index in [1.807, 2.05) is 25.7 Å². The summed E-state index contributed by atoms with van der Waals surface area (Å²) in [6, 6.07) is 5.97. The molecule has 8 nitrogen and oxygen atoms in total. The number of piperidine rings is 1. The fourth-order valence-electron chi connectivity index (χ4n) is 2.98. The minimum Gasteiger partial charge on any atom is -0.356 e. The number of carbonyl (C=O) groups is 2. The topological polar surface area (TPSA) is 105 Å². The van der Waals surface area contributed by atoms with Crippen LogP contribution in [0.1, 0.15) is 39.2 Å². The van der Waals surface area contributed by atoms with Crippen molar-refractivity contribution in [2.45, 2.75) is 45.6 Å². The van der Waals surface area contributed by atoms with Gasteiger partial charge in [-0.15, -0.1) is 0 Å². The molecule has 0 unspecified atom stereocenters. The molecule has 0 bridgehead atoms. The van der Waals surface area contributed by atoms with E-state index in [9.17, 15) is 19.7 Å². The monoisotopic (exact) mass is 376 g/mol. The van der Waals surface area contributed by atoms with E-state index in [0.29, 0.717) is 25.6 Å². The van der Waals surface area contributed by atoms with Crippen molar-refractivity contribution in [2.75, 3.05) is 19.6 Å². The van der Waals surface area contributed by atoms with Crippen LogP contribution in [0.4, 0.5) is 10.5 Å². The summed E-state index contributed by atoms with van der Waals surface area (Å²) in [4.78, 5) is 36.2. The molecule has 3 amide bonds. The van der Waals surface area contributed by atoms with Crippen LogP contribution in [-0.2, 0) is 11.2 Å². The van der Waals surface area contributed by atoms with Gasteiger partial charge in [0.2, 0.25) is 5.91 Å². The number of rotatable bonds is 5. The number of benzene rings is 1. The standard InChI is InChI=1S/C19H28N4O4/c1-19(2,3)21-18(25)22-10-8-15(9-11-22)13-20-17(24)12-14-4-6-16(7-5-14)23(26)27/h4-7,15H,8-13H2,1-3H3,(H,20,24)(H,21,25). The highest BCUT2D eigenvalue weighted by atomic mass is 16.6. The second-order valence-electron chi connectivity index (χ2n) is 8.01. The van der Waals surface area contributed by atoms with E-state index < -0.39 is 4.92 Å². The highest BCUT2D eigenvalue weighted by Crippen LogP contribution is 2.17. The lowest BCUT2D eigenvalue weighted by Crippen LogP contribution is -2.51. The van der Waals surface area contributed by atoms with Crippen LogP contribution in [0.2, 0.25) is 0 Å². The van der Waals surface area contributed by atoms with Crippen LogP contribution >= 0.6 is 0 Å². The molecular weight excluding hydrogens is 348 g/mol. The molecule has 148 valence electrons. The first kappa shape index (κ1) is 20.7. The van der Waals surface area contributed by atoms with Crippen molar-refractivity contribution in [3.05, 3.63) is 39.9 Å². The van der Waals surface area contributed by atoms with E-state index in [2.05, 4.69) is 10.6 Å². The predicted octanol–water partition coefficient (Wildman–Crippen LogP) is 2.47. The van der Waals surface area contributed by atoms with Gasteiger partial charge in [-0.25, -0.2) is 4.79 Å². The normalized spacial score (nSPS) is 15.3. The van der Waals surface area contributed by atoms with Crippen molar-refractivity contribution in [3.8, 4) is 0 Å². The average Bonchev–Trinajstić information content (AvgIpc) is 2.59. The molecule has 0 atom stereocenters. The molecule has 0 spiro atoms. The summed E-state index contributed by atoms with van der Waals surface area (Å²) in [6.07, 6.45) is 1.91. The molecule has 1 heterocycles. The lowest BCUT2D eigenvalue weighted by Gasteiger charge is -2.34. The third kappa shape index (κ3) is 6.88. The van der Waals surface area contributed by atoms with Gasteiger partial charge < -0.3 is 15.5 Å². The minimum absolute atomic E-state index is 0.0152. The number of hydrogen-bond donors (Lipinski definition) is 2. The first-order valence-corrected chi connectivity index (χ1v) is 9.21. The molecule has 0 saturated carbocycles. The highest BCUT2D eigenvalue weighted by molar-refractivity contribution is 5.78. The number of nitrogens with one attached hydrogen (secondary N) is 2. The third-order valence-electron chi connectivity index (χ3n) is 4.48. The summed E-state index contributed by atoms with van der Waals surface area (Å²) in [5, 5.41) is 16.5. The summed E-state index contributed by atoms with van der Waals surface area (Å²) >= 11 is 0. The molecule has 1 fully saturated rings. The van der Waals surface area contributed by atoms with Crippen molar-refractivity contribution in [3.63, 3.8) is 0 Å². The van der Waals surface area contributed by atoms with E-state index in [1.165, 1.54) is 12.1 Å². The van der Waals surface area contributed by atoms with Gasteiger partial charge in [-0.05, 0) is 45.1 Å². The molecule has 1 aromatic carbocycles. The van der Waals surface area contributed by atoms with Crippen LogP contribution in [-0.4, -0.2) is 46.9 Å². The van der Waals surface area contributed by atoms with Crippen LogP contribution in [0.5, 0.6) is 0 Å². The van der Waals surface area contributed by atoms with Gasteiger partial charge >= 0.3 is 6.03 Å². The van der Waals surface area contributed by atoms with Crippen molar-refractivity contribution in [2.24, 2.45) is 5.92 Å². The summed E-state index contributed by atoms with van der Waals surface area (Å²) in [5.41, 5.74) is 0.507. The first-order chi connectivity index (χ1) is 12.6. The number of carbonyl (C=O) groups excluding carboxylic acids is 2. The Hall–Kier alpha value is -2.64. The number of nitrogens with zero attached hydrogens (tertiary/aromatic N) is 2. The number of hydrogen-bond acceptors (Lipinski definition) is 4. The van der Waals surface area contributed by atoms with Crippen LogP contribution in [0.3, 0.4) is 0 Å². The number of nitro groups is 1. The smallest absolute Gasteiger partial charge is 0.317 e. The van der Waals surface area contributed by atoms with Crippen LogP contribution in [0, 0.1) is 16.0 Å². The fourth-order valence-corrected chi connectivity index (χ4v) is 2.98. The van der Waals surface area contributed by atoms with Gasteiger partial charge in [0.05, 0.1) is 11.3 Å². The molecule has 2 rings (SSSR count). The second-order valence-corrected chi connectivity index (χ2v) is 8.01. The van der Waals surface area contributed by atoms with Crippen molar-refractivity contribution in [1.29, 1.82) is 0 Å². The Bertz CT molecular complexity index is 674. The maximum Gasteiger partial charge on any atom is 0.317 e. The van der Waals surface area contributed by atoms with Gasteiger partial charge in [0.25, 0.3) is 5.69 Å². The molecule has 0 radical (unpaired) electrons. The summed E-state index contributed by atoms with van der Waals surface area (Å²) < 4.78 is 0. The van der Waals surface area contributed by atoms with Crippen LogP contribution < -0.4 is 10.6 Å². The van der Waals surface area contributed by atoms with Crippen molar-refractivity contribution >= 4 is 17.6 Å². The number of likely N-dealkylation sites (tertiary alicyclic amines) is 1. The number of amides is 3. The molecule has 1 aliphatic heterocycles. The van der Waals surface area contributed by atoms with Gasteiger partial charge in [-0.2, -0.15) is 0 Å². The quantitative estimate of drug-likeness (QED) is 0.608. The average molecular weight is 376 g/mol. The Labute approximate surface area is 159 Å². The van der Waals surface area contributed by atoms with Gasteiger partial charge in [0.15, 0.2) is 0 Å². The Morgan fingerprint density at radius 3 is 2.30 bits per heavy atom. The molecule has 27 heavy (non-hydrogen) atoms. The lowest BCUT2D eigenvalue weighted by atomic mass is 9.96. The Morgan fingerprint density at radius 2 is 1.78 bits per heavy atom. The molecule has 1 aliphatic rings. The first-order valence-electron chi connectivity index (χ1n) is 9.21. The zero-order chi connectivity index (χ0) is 20.0. The minimum atomic E-state index is -0.460. The van der Waals surface area contributed by atoms with Crippen molar-refractivity contribution < 1.29 is 14.5 Å². The Morgan fingerprint density at radius 1 is 1.19 bits per heavy atom. The van der Waals surface area contributed by atoms with E-state index in [4.69, 9.17) is 0 Å². The van der Waals surface area contributed by atoms with Gasteiger partial charge in [-0.3, -0.25) is 14.9 Å². The van der Waals surface area contributed by atoms with Gasteiger partial charge in [-0.1, -0.05) is 12.1 Å². The van der Waals surface area contributed by atoms with E-state index in [1.54, 1.807) is 12.1 Å². The summed E-state index contributed by atoms with van der Waals surface area (Å²) in [7, 11) is 0. The van der Waals surface area contributed by atoms with Gasteiger partial charge in [0, 0.05) is 37.3 Å². The molecule has 2 N–H and O–H groups in total. The fraction of sp³-hybridized carbons (Fsp3) is 0.579. The second kappa shape index (κ2) is 8.83. The third-order valence-corrected chi connectivity index (χ3v) is 4.48. The summed E-state index contributed by atoms with van der Waals surface area (Å²) in [5.74, 6) is 0.251. The molecular formula is C19H28N4O4. The number of non-ortho nitro benzene ring substituents is 1. The maximum absolute atomic E-state index is 12.2. The molecule has 1 aromatic rings. The van der Waals surface area contributed by atoms with Crippen LogP contribution in [0.25, 0.3) is 0 Å². The molecule has 1 saturated heterocycles. The summed E-state index contributed by atoms with van der Waals surface area (Å²) in [6.45, 7) is 7.82. The Kier molecular flexibility index (Phi) is 6.76. The van der Waals surface area contributed by atoms with E-state index >= 15 is 0 Å². The Balaban J connectivity index is 1.71. The molecule has 0 aromatic heterocycles. The van der Waals surface area contributed by atoms with E-state index in [-0.39, 0.29) is 29.6 Å². The van der Waals surface area contributed by atoms with Crippen molar-refractivity contribution in [1.82, 2.24) is 15.5 Å². The lowest BCUT2D eigenvalue weighted by molar-refractivity contribution is -0.384. The SMILES string of the molecule is CC(C)(C)NC(=O)N1CCC(CNC(=O)Cc2ccc([N+](=O)[O-])cc2)CC1. The molecule has 8 heteroatoms. The number of urea groups is 1. The van der Waals surface area contributed by atoms with Gasteiger partial charge in [0.1, 0.15) is 0 Å². The molecule has 0 aliphatic carbocycles. The predicted molar refractivity (Wildman–Crippen MR) is 102 cm³/mol. The zero-order valence-electron chi connectivity index (χ0n) is 16.2. The maximum atomic E-state index is 12.2. The highest BCUT2D eigenvalue weighted by Gasteiger charge is 2.25. The zero-order valence-corrected chi connectivity index (χ0v) is 16.2. The largest absolute Gasteiger partial charge is 0.356 e.